The van der Waals surface area contributed by atoms with Crippen LogP contribution in [-0.4, -0.2) is 37.0 Å². The Kier molecular flexibility index (Phi) is 5.42. The number of rotatable bonds is 3. The lowest BCUT2D eigenvalue weighted by molar-refractivity contribution is 0.0691. The molecule has 1 heterocycles. The fraction of sp³-hybridized carbons (Fsp3) is 0.579. The molecule has 1 saturated heterocycles. The lowest BCUT2D eigenvalue weighted by Gasteiger charge is -2.36. The van der Waals surface area contributed by atoms with E-state index in [1.165, 1.54) is 18.4 Å². The number of aliphatic hydroxyl groups excluding tert-OH is 1. The van der Waals surface area contributed by atoms with Crippen LogP contribution < -0.4 is 0 Å². The van der Waals surface area contributed by atoms with Gasteiger partial charge < -0.3 is 5.11 Å². The first-order valence-electron chi connectivity index (χ1n) is 8.92. The summed E-state index contributed by atoms with van der Waals surface area (Å²) in [5.41, 5.74) is 2.30. The Labute approximate surface area is 145 Å². The van der Waals surface area contributed by atoms with Gasteiger partial charge in [0.05, 0.1) is 11.0 Å². The van der Waals surface area contributed by atoms with E-state index in [-0.39, 0.29) is 5.92 Å². The molecule has 0 aromatic heterocycles. The molecule has 0 amide bonds. The molecule has 1 aliphatic heterocycles. The van der Waals surface area contributed by atoms with Gasteiger partial charge >= 0.3 is 0 Å². The third-order valence-electron chi connectivity index (χ3n) is 5.25. The zero-order valence-electron chi connectivity index (χ0n) is 14.3. The van der Waals surface area contributed by atoms with Gasteiger partial charge in [-0.1, -0.05) is 35.8 Å². The third-order valence-corrected chi connectivity index (χ3v) is 7.13. The van der Waals surface area contributed by atoms with Crippen molar-refractivity contribution < 1.29 is 13.5 Å². The Balaban J connectivity index is 1.81. The molecule has 3 rings (SSSR count). The quantitative estimate of drug-likeness (QED) is 0.852. The van der Waals surface area contributed by atoms with Gasteiger partial charge in [-0.2, -0.15) is 4.31 Å². The molecule has 1 N–H and O–H groups in total. The first kappa shape index (κ1) is 17.6. The van der Waals surface area contributed by atoms with Gasteiger partial charge in [0, 0.05) is 19.0 Å². The number of hydrogen-bond acceptors (Lipinski definition) is 3. The summed E-state index contributed by atoms with van der Waals surface area (Å²) >= 11 is 0. The Morgan fingerprint density at radius 2 is 1.88 bits per heavy atom. The Bertz CT molecular complexity index is 694. The molecule has 0 unspecified atom stereocenters. The Hall–Kier alpha value is -1.17. The van der Waals surface area contributed by atoms with Crippen molar-refractivity contribution in [3.05, 3.63) is 41.5 Å². The summed E-state index contributed by atoms with van der Waals surface area (Å²) < 4.78 is 27.4. The predicted octanol–water partition coefficient (Wildman–Crippen LogP) is 3.26. The smallest absolute Gasteiger partial charge is 0.243 e. The molecule has 0 radical (unpaired) electrons. The van der Waals surface area contributed by atoms with Crippen molar-refractivity contribution >= 4 is 10.0 Å². The van der Waals surface area contributed by atoms with Gasteiger partial charge in [-0.05, 0) is 51.2 Å². The molecule has 0 spiro atoms. The number of allylic oxidation sites excluding steroid dienone is 1. The number of sulfonamides is 1. The molecule has 1 fully saturated rings. The molecule has 132 valence electrons. The van der Waals surface area contributed by atoms with Crippen molar-refractivity contribution in [3.8, 4) is 0 Å². The van der Waals surface area contributed by atoms with E-state index in [1.807, 2.05) is 19.1 Å². The van der Waals surface area contributed by atoms with Crippen LogP contribution in [0, 0.1) is 12.8 Å². The predicted molar refractivity (Wildman–Crippen MR) is 95.2 cm³/mol. The third kappa shape index (κ3) is 3.73. The van der Waals surface area contributed by atoms with E-state index in [2.05, 4.69) is 6.08 Å². The maximum atomic E-state index is 12.9. The lowest BCUT2D eigenvalue weighted by atomic mass is 9.86. The number of piperidine rings is 1. The normalized spacial score (nSPS) is 26.7. The van der Waals surface area contributed by atoms with Crippen molar-refractivity contribution in [1.82, 2.24) is 4.31 Å². The summed E-state index contributed by atoms with van der Waals surface area (Å²) in [6, 6.07) is 7.01. The van der Waals surface area contributed by atoms with E-state index >= 15 is 0 Å². The Morgan fingerprint density at radius 1 is 1.12 bits per heavy atom. The molecule has 1 aromatic rings. The lowest BCUT2D eigenvalue weighted by Crippen LogP contribution is -2.46. The number of benzene rings is 1. The fourth-order valence-electron chi connectivity index (χ4n) is 3.73. The second kappa shape index (κ2) is 7.38. The van der Waals surface area contributed by atoms with Crippen molar-refractivity contribution in [2.45, 2.75) is 56.4 Å². The van der Waals surface area contributed by atoms with Crippen LogP contribution in [0.4, 0.5) is 0 Å². The first-order valence-corrected chi connectivity index (χ1v) is 10.4. The van der Waals surface area contributed by atoms with Crippen LogP contribution in [0.1, 0.15) is 44.1 Å². The maximum absolute atomic E-state index is 12.9. The highest BCUT2D eigenvalue weighted by Gasteiger charge is 2.36. The highest BCUT2D eigenvalue weighted by molar-refractivity contribution is 7.89. The number of hydrogen-bond donors (Lipinski definition) is 1. The van der Waals surface area contributed by atoms with E-state index in [0.717, 1.165) is 24.8 Å². The van der Waals surface area contributed by atoms with Crippen LogP contribution in [0.15, 0.2) is 40.8 Å². The van der Waals surface area contributed by atoms with Gasteiger partial charge in [0.2, 0.25) is 10.0 Å². The van der Waals surface area contributed by atoms with E-state index in [9.17, 15) is 13.5 Å². The summed E-state index contributed by atoms with van der Waals surface area (Å²) in [6.45, 7) is 2.73. The van der Waals surface area contributed by atoms with Crippen LogP contribution >= 0.6 is 0 Å². The molecule has 2 atom stereocenters. The topological polar surface area (TPSA) is 57.6 Å². The highest BCUT2D eigenvalue weighted by atomic mass is 32.2. The molecule has 0 saturated carbocycles. The maximum Gasteiger partial charge on any atom is 0.243 e. The molecule has 4 nitrogen and oxygen atoms in total. The highest BCUT2D eigenvalue weighted by Crippen LogP contribution is 2.32. The van der Waals surface area contributed by atoms with E-state index in [0.29, 0.717) is 24.4 Å². The average Bonchev–Trinajstić information content (AvgIpc) is 2.84. The van der Waals surface area contributed by atoms with Crippen LogP contribution in [0.3, 0.4) is 0 Å². The van der Waals surface area contributed by atoms with E-state index in [1.54, 1.807) is 16.4 Å². The summed E-state index contributed by atoms with van der Waals surface area (Å²) in [7, 11) is -3.49. The molecule has 1 aromatic carbocycles. The zero-order valence-corrected chi connectivity index (χ0v) is 15.1. The van der Waals surface area contributed by atoms with Crippen molar-refractivity contribution in [3.63, 3.8) is 0 Å². The average molecular weight is 349 g/mol. The number of aryl methyl sites for hydroxylation is 1. The van der Waals surface area contributed by atoms with E-state index in [4.69, 9.17) is 0 Å². The van der Waals surface area contributed by atoms with Crippen molar-refractivity contribution in [1.29, 1.82) is 0 Å². The Morgan fingerprint density at radius 3 is 2.62 bits per heavy atom. The largest absolute Gasteiger partial charge is 0.392 e. The summed E-state index contributed by atoms with van der Waals surface area (Å²) in [4.78, 5) is 0.345. The second-order valence-electron chi connectivity index (χ2n) is 7.02. The van der Waals surface area contributed by atoms with Crippen LogP contribution in [0.25, 0.3) is 0 Å². The molecule has 24 heavy (non-hydrogen) atoms. The fourth-order valence-corrected chi connectivity index (χ4v) is 5.21. The van der Waals surface area contributed by atoms with Crippen molar-refractivity contribution in [2.24, 2.45) is 5.92 Å². The molecule has 5 heteroatoms. The number of nitrogens with zero attached hydrogens (tertiary/aromatic N) is 1. The van der Waals surface area contributed by atoms with Crippen molar-refractivity contribution in [2.75, 3.05) is 13.1 Å². The molecule has 1 aliphatic carbocycles. The van der Waals surface area contributed by atoms with Gasteiger partial charge in [0.15, 0.2) is 0 Å². The van der Waals surface area contributed by atoms with E-state index < -0.39 is 16.1 Å². The van der Waals surface area contributed by atoms with Gasteiger partial charge in [-0.3, -0.25) is 0 Å². The molecular formula is C19H27NO3S. The summed E-state index contributed by atoms with van der Waals surface area (Å²) in [5.74, 6) is -0.0583. The SMILES string of the molecule is Cc1ccc(S(=O)(=O)N2CC[C@H](O)[C@@H](C3=CCCCCC3)C2)cc1. The zero-order chi connectivity index (χ0) is 17.2. The van der Waals surface area contributed by atoms with Crippen LogP contribution in [0.2, 0.25) is 0 Å². The minimum atomic E-state index is -3.49. The van der Waals surface area contributed by atoms with Gasteiger partial charge in [-0.15, -0.1) is 0 Å². The van der Waals surface area contributed by atoms with Crippen LogP contribution in [-0.2, 0) is 10.0 Å². The molecular weight excluding hydrogens is 322 g/mol. The summed E-state index contributed by atoms with van der Waals surface area (Å²) in [5, 5.41) is 10.4. The molecule has 0 bridgehead atoms. The van der Waals surface area contributed by atoms with Gasteiger partial charge in [0.1, 0.15) is 0 Å². The number of aliphatic hydroxyl groups is 1. The van der Waals surface area contributed by atoms with Crippen LogP contribution in [0.5, 0.6) is 0 Å². The van der Waals surface area contributed by atoms with Gasteiger partial charge in [0.25, 0.3) is 0 Å². The standard InChI is InChI=1S/C19H27NO3S/c1-15-8-10-17(11-9-15)24(22,23)20-13-12-19(21)18(14-20)16-6-4-2-3-5-7-16/h6,8-11,18-19,21H,2-5,7,12-14H2,1H3/t18-,19+/m1/s1. The minimum absolute atomic E-state index is 0.0583. The minimum Gasteiger partial charge on any atom is -0.392 e. The van der Waals surface area contributed by atoms with Gasteiger partial charge in [-0.25, -0.2) is 8.42 Å². The monoisotopic (exact) mass is 349 g/mol. The first-order chi connectivity index (χ1) is 11.5. The second-order valence-corrected chi connectivity index (χ2v) is 8.95. The summed E-state index contributed by atoms with van der Waals surface area (Å²) in [6.07, 6.45) is 7.89. The molecule has 2 aliphatic rings.